The van der Waals surface area contributed by atoms with Crippen molar-refractivity contribution in [3.8, 4) is 0 Å². The average Bonchev–Trinajstić information content (AvgIpc) is 2.69. The van der Waals surface area contributed by atoms with Crippen molar-refractivity contribution in [3.63, 3.8) is 0 Å². The molecule has 7 heteroatoms. The minimum atomic E-state index is -1.53. The summed E-state index contributed by atoms with van der Waals surface area (Å²) in [4.78, 5) is 15.2. The quantitative estimate of drug-likeness (QED) is 0.510. The van der Waals surface area contributed by atoms with Gasteiger partial charge in [0.15, 0.2) is 11.4 Å². The maximum atomic E-state index is 11.1. The highest BCUT2D eigenvalue weighted by molar-refractivity contribution is 5.78. The van der Waals surface area contributed by atoms with E-state index in [1.165, 1.54) is 14.0 Å². The summed E-state index contributed by atoms with van der Waals surface area (Å²) >= 11 is 0. The molecule has 0 aliphatic heterocycles. The summed E-state index contributed by atoms with van der Waals surface area (Å²) in [6.07, 6.45) is 0.540. The first-order valence-electron chi connectivity index (χ1n) is 5.26. The third kappa shape index (κ3) is 4.12. The Bertz CT molecular complexity index is 375. The molecule has 7 nitrogen and oxygen atoms in total. The number of hydrogen-bond donors (Lipinski definition) is 2. The second-order valence-electron chi connectivity index (χ2n) is 3.93. The van der Waals surface area contributed by atoms with Crippen LogP contribution in [0.2, 0.25) is 0 Å². The number of ether oxygens (including phenoxy) is 1. The van der Waals surface area contributed by atoms with Crippen molar-refractivity contribution in [3.05, 3.63) is 11.7 Å². The molecule has 1 aromatic rings. The lowest BCUT2D eigenvalue weighted by Crippen LogP contribution is -2.46. The minimum absolute atomic E-state index is 0.104. The molecule has 0 aliphatic carbocycles. The Morgan fingerprint density at radius 3 is 2.88 bits per heavy atom. The molecule has 17 heavy (non-hydrogen) atoms. The van der Waals surface area contributed by atoms with E-state index < -0.39 is 11.6 Å². The van der Waals surface area contributed by atoms with E-state index in [0.29, 0.717) is 24.7 Å². The van der Waals surface area contributed by atoms with Gasteiger partial charge < -0.3 is 19.7 Å². The van der Waals surface area contributed by atoms with Gasteiger partial charge in [-0.3, -0.25) is 0 Å². The number of aromatic nitrogens is 2. The first-order chi connectivity index (χ1) is 7.95. The highest BCUT2D eigenvalue weighted by atomic mass is 16.5. The van der Waals surface area contributed by atoms with E-state index in [9.17, 15) is 9.90 Å². The van der Waals surface area contributed by atoms with E-state index in [4.69, 9.17) is 4.52 Å². The number of esters is 1. The van der Waals surface area contributed by atoms with Crippen LogP contribution in [-0.2, 0) is 16.0 Å². The molecule has 1 heterocycles. The molecule has 1 aromatic heterocycles. The first-order valence-corrected chi connectivity index (χ1v) is 5.26. The van der Waals surface area contributed by atoms with Crippen molar-refractivity contribution >= 4 is 5.97 Å². The number of nitrogens with one attached hydrogen (secondary N) is 1. The lowest BCUT2D eigenvalue weighted by atomic mass is 10.1. The fourth-order valence-corrected chi connectivity index (χ4v) is 1.26. The normalized spacial score (nSPS) is 14.4. The summed E-state index contributed by atoms with van der Waals surface area (Å²) in [5.41, 5.74) is -1.53. The molecule has 0 aliphatic rings. The van der Waals surface area contributed by atoms with Crippen molar-refractivity contribution in [2.45, 2.75) is 25.9 Å². The van der Waals surface area contributed by atoms with Crippen LogP contribution in [0.5, 0.6) is 0 Å². The van der Waals surface area contributed by atoms with Gasteiger partial charge in [0, 0.05) is 19.5 Å². The summed E-state index contributed by atoms with van der Waals surface area (Å²) in [7, 11) is 1.23. The van der Waals surface area contributed by atoms with E-state index in [0.717, 1.165) is 0 Å². The Morgan fingerprint density at radius 2 is 2.35 bits per heavy atom. The van der Waals surface area contributed by atoms with Gasteiger partial charge >= 0.3 is 5.97 Å². The van der Waals surface area contributed by atoms with Crippen molar-refractivity contribution < 1.29 is 19.2 Å². The van der Waals surface area contributed by atoms with Crippen LogP contribution in [0.3, 0.4) is 0 Å². The zero-order valence-corrected chi connectivity index (χ0v) is 10.2. The number of rotatable bonds is 6. The SMILES string of the molecule is COC(=O)C(C)(O)CNCCc1nc(C)no1. The minimum Gasteiger partial charge on any atom is -0.467 e. The van der Waals surface area contributed by atoms with E-state index in [-0.39, 0.29) is 6.54 Å². The van der Waals surface area contributed by atoms with Gasteiger partial charge in [-0.1, -0.05) is 5.16 Å². The van der Waals surface area contributed by atoms with Crippen molar-refractivity contribution in [1.82, 2.24) is 15.5 Å². The molecule has 0 radical (unpaired) electrons. The molecule has 1 atom stereocenters. The highest BCUT2D eigenvalue weighted by Gasteiger charge is 2.30. The molecular formula is C10H17N3O4. The highest BCUT2D eigenvalue weighted by Crippen LogP contribution is 2.03. The molecule has 0 spiro atoms. The smallest absolute Gasteiger partial charge is 0.338 e. The molecule has 2 N–H and O–H groups in total. The van der Waals surface area contributed by atoms with Gasteiger partial charge in [-0.2, -0.15) is 4.98 Å². The van der Waals surface area contributed by atoms with Crippen LogP contribution in [0.4, 0.5) is 0 Å². The topological polar surface area (TPSA) is 97.5 Å². The maximum absolute atomic E-state index is 11.1. The molecular weight excluding hydrogens is 226 g/mol. The second kappa shape index (κ2) is 5.74. The van der Waals surface area contributed by atoms with E-state index in [1.54, 1.807) is 6.92 Å². The van der Waals surface area contributed by atoms with Crippen LogP contribution in [0.15, 0.2) is 4.52 Å². The van der Waals surface area contributed by atoms with E-state index >= 15 is 0 Å². The third-order valence-electron chi connectivity index (χ3n) is 2.18. The lowest BCUT2D eigenvalue weighted by molar-refractivity contribution is -0.159. The molecule has 0 aromatic carbocycles. The molecule has 1 unspecified atom stereocenters. The lowest BCUT2D eigenvalue weighted by Gasteiger charge is -2.20. The van der Waals surface area contributed by atoms with Crippen LogP contribution >= 0.6 is 0 Å². The molecule has 0 fully saturated rings. The Hall–Kier alpha value is -1.47. The molecule has 0 amide bonds. The third-order valence-corrected chi connectivity index (χ3v) is 2.18. The van der Waals surface area contributed by atoms with Crippen LogP contribution in [0, 0.1) is 6.92 Å². The maximum Gasteiger partial charge on any atom is 0.338 e. The number of carbonyl (C=O) groups is 1. The van der Waals surface area contributed by atoms with Gasteiger partial charge in [0.05, 0.1) is 7.11 Å². The molecule has 96 valence electrons. The fourth-order valence-electron chi connectivity index (χ4n) is 1.26. The Balaban J connectivity index is 2.26. The van der Waals surface area contributed by atoms with Crippen LogP contribution < -0.4 is 5.32 Å². The predicted molar refractivity (Wildman–Crippen MR) is 58.2 cm³/mol. The van der Waals surface area contributed by atoms with Gasteiger partial charge in [-0.05, 0) is 13.8 Å². The fraction of sp³-hybridized carbons (Fsp3) is 0.700. The average molecular weight is 243 g/mol. The standard InChI is InChI=1S/C10H17N3O4/c1-7-12-8(17-13-7)4-5-11-6-10(2,15)9(14)16-3/h11,15H,4-6H2,1-3H3. The number of aryl methyl sites for hydroxylation is 1. The number of nitrogens with zero attached hydrogens (tertiary/aromatic N) is 2. The van der Waals surface area contributed by atoms with Crippen molar-refractivity contribution in [2.75, 3.05) is 20.2 Å². The van der Waals surface area contributed by atoms with Gasteiger partial charge in [0.1, 0.15) is 0 Å². The van der Waals surface area contributed by atoms with Gasteiger partial charge in [-0.15, -0.1) is 0 Å². The molecule has 0 saturated carbocycles. The largest absolute Gasteiger partial charge is 0.467 e. The Kier molecular flexibility index (Phi) is 4.59. The summed E-state index contributed by atoms with van der Waals surface area (Å²) < 4.78 is 9.37. The number of carbonyl (C=O) groups excluding carboxylic acids is 1. The Labute approximate surface area is 99.2 Å². The van der Waals surface area contributed by atoms with Crippen molar-refractivity contribution in [2.24, 2.45) is 0 Å². The number of aliphatic hydroxyl groups is 1. The monoisotopic (exact) mass is 243 g/mol. The van der Waals surface area contributed by atoms with Crippen LogP contribution in [-0.4, -0.2) is 47.0 Å². The summed E-state index contributed by atoms with van der Waals surface area (Å²) in [6, 6.07) is 0. The van der Waals surface area contributed by atoms with E-state index in [1.807, 2.05) is 0 Å². The summed E-state index contributed by atoms with van der Waals surface area (Å²) in [5.74, 6) is 0.438. The molecule has 1 rings (SSSR count). The van der Waals surface area contributed by atoms with Gasteiger partial charge in [0.25, 0.3) is 0 Å². The van der Waals surface area contributed by atoms with E-state index in [2.05, 4.69) is 20.2 Å². The Morgan fingerprint density at radius 1 is 1.65 bits per heavy atom. The number of hydrogen-bond acceptors (Lipinski definition) is 7. The van der Waals surface area contributed by atoms with Gasteiger partial charge in [0.2, 0.25) is 5.89 Å². The summed E-state index contributed by atoms with van der Waals surface area (Å²) in [6.45, 7) is 3.76. The molecule has 0 saturated heterocycles. The summed E-state index contributed by atoms with van der Waals surface area (Å²) in [5, 5.41) is 16.3. The zero-order chi connectivity index (χ0) is 12.9. The molecule has 0 bridgehead atoms. The predicted octanol–water partition coefficient (Wildman–Crippen LogP) is -0.566. The number of methoxy groups -OCH3 is 1. The first kappa shape index (κ1) is 13.6. The van der Waals surface area contributed by atoms with Crippen LogP contribution in [0.25, 0.3) is 0 Å². The second-order valence-corrected chi connectivity index (χ2v) is 3.93. The van der Waals surface area contributed by atoms with Gasteiger partial charge in [-0.25, -0.2) is 4.79 Å². The zero-order valence-electron chi connectivity index (χ0n) is 10.2. The van der Waals surface area contributed by atoms with Crippen LogP contribution in [0.1, 0.15) is 18.6 Å². The van der Waals surface area contributed by atoms with Crippen molar-refractivity contribution in [1.29, 1.82) is 0 Å².